The zero-order valence-electron chi connectivity index (χ0n) is 10.9. The van der Waals surface area contributed by atoms with Crippen molar-refractivity contribution in [1.29, 1.82) is 0 Å². The molecule has 0 bridgehead atoms. The fourth-order valence-electron chi connectivity index (χ4n) is 3.29. The predicted molar refractivity (Wildman–Crippen MR) is 76.5 cm³/mol. The molecule has 1 aliphatic rings. The zero-order chi connectivity index (χ0) is 13.2. The normalized spacial score (nSPS) is 16.0. The van der Waals surface area contributed by atoms with Gasteiger partial charge < -0.3 is 5.11 Å². The maximum Gasteiger partial charge on any atom is 0.307 e. The van der Waals surface area contributed by atoms with Crippen molar-refractivity contribution in [3.63, 3.8) is 0 Å². The van der Waals surface area contributed by atoms with Gasteiger partial charge in [-0.2, -0.15) is 0 Å². The molecule has 1 saturated carbocycles. The van der Waals surface area contributed by atoms with Crippen LogP contribution < -0.4 is 0 Å². The average molecular weight is 254 g/mol. The Kier molecular flexibility index (Phi) is 3.24. The SMILES string of the molecule is O=C(O)Cc1ccc(C2CCCC2)c2ccccc12. The summed E-state index contributed by atoms with van der Waals surface area (Å²) >= 11 is 0. The molecule has 2 heteroatoms. The van der Waals surface area contributed by atoms with Gasteiger partial charge in [0.1, 0.15) is 0 Å². The Bertz CT molecular complexity index is 610. The minimum absolute atomic E-state index is 0.103. The minimum Gasteiger partial charge on any atom is -0.481 e. The first kappa shape index (κ1) is 12.2. The van der Waals surface area contributed by atoms with Crippen molar-refractivity contribution >= 4 is 16.7 Å². The van der Waals surface area contributed by atoms with E-state index >= 15 is 0 Å². The Morgan fingerprint density at radius 1 is 1.05 bits per heavy atom. The first-order valence-corrected chi connectivity index (χ1v) is 6.98. The van der Waals surface area contributed by atoms with E-state index in [1.54, 1.807) is 0 Å². The van der Waals surface area contributed by atoms with Gasteiger partial charge in [0.05, 0.1) is 6.42 Å². The maximum absolute atomic E-state index is 11.0. The molecule has 2 aromatic rings. The fraction of sp³-hybridized carbons (Fsp3) is 0.353. The Labute approximate surface area is 113 Å². The largest absolute Gasteiger partial charge is 0.481 e. The van der Waals surface area contributed by atoms with Gasteiger partial charge in [-0.25, -0.2) is 0 Å². The first-order valence-electron chi connectivity index (χ1n) is 6.98. The number of benzene rings is 2. The monoisotopic (exact) mass is 254 g/mol. The summed E-state index contributed by atoms with van der Waals surface area (Å²) in [5.41, 5.74) is 2.33. The summed E-state index contributed by atoms with van der Waals surface area (Å²) in [5.74, 6) is -0.109. The van der Waals surface area contributed by atoms with Crippen molar-refractivity contribution < 1.29 is 9.90 Å². The van der Waals surface area contributed by atoms with Crippen LogP contribution >= 0.6 is 0 Å². The fourth-order valence-corrected chi connectivity index (χ4v) is 3.29. The Hall–Kier alpha value is -1.83. The first-order chi connectivity index (χ1) is 9.25. The third kappa shape index (κ3) is 2.35. The number of carbonyl (C=O) groups is 1. The number of aliphatic carboxylic acids is 1. The predicted octanol–water partition coefficient (Wildman–Crippen LogP) is 4.12. The second-order valence-electron chi connectivity index (χ2n) is 5.41. The summed E-state index contributed by atoms with van der Waals surface area (Å²) in [6, 6.07) is 12.4. The van der Waals surface area contributed by atoms with E-state index < -0.39 is 5.97 Å². The molecule has 0 aromatic heterocycles. The van der Waals surface area contributed by atoms with Crippen molar-refractivity contribution in [1.82, 2.24) is 0 Å². The van der Waals surface area contributed by atoms with Crippen molar-refractivity contribution in [3.8, 4) is 0 Å². The molecule has 2 aromatic carbocycles. The van der Waals surface area contributed by atoms with Crippen LogP contribution in [0, 0.1) is 0 Å². The van der Waals surface area contributed by atoms with Crippen LogP contribution in [-0.2, 0) is 11.2 Å². The van der Waals surface area contributed by atoms with Crippen molar-refractivity contribution in [2.75, 3.05) is 0 Å². The van der Waals surface area contributed by atoms with Crippen LogP contribution in [0.1, 0.15) is 42.7 Å². The Morgan fingerprint density at radius 2 is 1.74 bits per heavy atom. The van der Waals surface area contributed by atoms with Crippen molar-refractivity contribution in [2.24, 2.45) is 0 Å². The van der Waals surface area contributed by atoms with E-state index in [2.05, 4.69) is 12.1 Å². The molecule has 0 spiro atoms. The highest BCUT2D eigenvalue weighted by Crippen LogP contribution is 2.38. The van der Waals surface area contributed by atoms with Gasteiger partial charge in [0.15, 0.2) is 0 Å². The molecule has 0 amide bonds. The number of carboxylic acid groups (broad SMARTS) is 1. The van der Waals surface area contributed by atoms with Crippen LogP contribution in [0.2, 0.25) is 0 Å². The maximum atomic E-state index is 11.0. The zero-order valence-corrected chi connectivity index (χ0v) is 10.9. The van der Waals surface area contributed by atoms with Crippen LogP contribution in [0.4, 0.5) is 0 Å². The molecule has 19 heavy (non-hydrogen) atoms. The van der Waals surface area contributed by atoms with E-state index in [9.17, 15) is 4.79 Å². The summed E-state index contributed by atoms with van der Waals surface area (Å²) in [6.07, 6.45) is 5.27. The van der Waals surface area contributed by atoms with Crippen LogP contribution in [0.15, 0.2) is 36.4 Å². The summed E-state index contributed by atoms with van der Waals surface area (Å²) < 4.78 is 0. The highest BCUT2D eigenvalue weighted by molar-refractivity contribution is 5.91. The molecule has 1 fully saturated rings. The van der Waals surface area contributed by atoms with E-state index in [0.29, 0.717) is 5.92 Å². The summed E-state index contributed by atoms with van der Waals surface area (Å²) in [7, 11) is 0. The number of rotatable bonds is 3. The third-order valence-corrected chi connectivity index (χ3v) is 4.18. The van der Waals surface area contributed by atoms with E-state index in [1.165, 1.54) is 36.6 Å². The van der Waals surface area contributed by atoms with Gasteiger partial charge in [-0.3, -0.25) is 4.79 Å². The molecule has 1 aliphatic carbocycles. The quantitative estimate of drug-likeness (QED) is 0.894. The molecule has 0 aliphatic heterocycles. The van der Waals surface area contributed by atoms with Crippen LogP contribution in [0.25, 0.3) is 10.8 Å². The summed E-state index contributed by atoms with van der Waals surface area (Å²) in [4.78, 5) is 11.0. The second kappa shape index (κ2) is 5.04. The number of fused-ring (bicyclic) bond motifs is 1. The standard InChI is InChI=1S/C17H18O2/c18-17(19)11-13-9-10-15(12-5-1-2-6-12)16-8-4-3-7-14(13)16/h3-4,7-10,12H,1-2,5-6,11H2,(H,18,19). The highest BCUT2D eigenvalue weighted by Gasteiger charge is 2.19. The molecule has 0 unspecified atom stereocenters. The molecule has 98 valence electrons. The molecular formula is C17H18O2. The van der Waals surface area contributed by atoms with E-state index in [0.717, 1.165) is 10.9 Å². The van der Waals surface area contributed by atoms with E-state index in [-0.39, 0.29) is 6.42 Å². The molecular weight excluding hydrogens is 236 g/mol. The van der Waals surface area contributed by atoms with Crippen LogP contribution in [0.5, 0.6) is 0 Å². The Balaban J connectivity index is 2.12. The lowest BCUT2D eigenvalue weighted by Gasteiger charge is -2.15. The lowest BCUT2D eigenvalue weighted by atomic mass is 9.89. The topological polar surface area (TPSA) is 37.3 Å². The number of hydrogen-bond donors (Lipinski definition) is 1. The molecule has 1 N–H and O–H groups in total. The lowest BCUT2D eigenvalue weighted by Crippen LogP contribution is -2.02. The van der Waals surface area contributed by atoms with Crippen LogP contribution in [-0.4, -0.2) is 11.1 Å². The Morgan fingerprint density at radius 3 is 2.42 bits per heavy atom. The molecule has 2 nitrogen and oxygen atoms in total. The highest BCUT2D eigenvalue weighted by atomic mass is 16.4. The molecule has 3 rings (SSSR count). The molecule has 0 radical (unpaired) electrons. The van der Waals surface area contributed by atoms with Gasteiger partial charge in [-0.15, -0.1) is 0 Å². The van der Waals surface area contributed by atoms with E-state index in [4.69, 9.17) is 5.11 Å². The van der Waals surface area contributed by atoms with Gasteiger partial charge in [-0.1, -0.05) is 49.2 Å². The minimum atomic E-state index is -0.765. The van der Waals surface area contributed by atoms with Crippen LogP contribution in [0.3, 0.4) is 0 Å². The van der Waals surface area contributed by atoms with Crippen molar-refractivity contribution in [2.45, 2.75) is 38.0 Å². The van der Waals surface area contributed by atoms with Gasteiger partial charge in [0.25, 0.3) is 0 Å². The average Bonchev–Trinajstić information content (AvgIpc) is 2.92. The molecule has 0 saturated heterocycles. The number of carboxylic acids is 1. The van der Waals surface area contributed by atoms with Gasteiger partial charge in [0, 0.05) is 0 Å². The molecule has 0 heterocycles. The summed E-state index contributed by atoms with van der Waals surface area (Å²) in [5, 5.41) is 11.4. The number of hydrogen-bond acceptors (Lipinski definition) is 1. The summed E-state index contributed by atoms with van der Waals surface area (Å²) in [6.45, 7) is 0. The van der Waals surface area contributed by atoms with Gasteiger partial charge in [-0.05, 0) is 40.7 Å². The van der Waals surface area contributed by atoms with Gasteiger partial charge in [0.2, 0.25) is 0 Å². The second-order valence-corrected chi connectivity index (χ2v) is 5.41. The smallest absolute Gasteiger partial charge is 0.307 e. The third-order valence-electron chi connectivity index (χ3n) is 4.18. The van der Waals surface area contributed by atoms with E-state index in [1.807, 2.05) is 24.3 Å². The molecule has 0 atom stereocenters. The lowest BCUT2D eigenvalue weighted by molar-refractivity contribution is -0.136. The van der Waals surface area contributed by atoms with Gasteiger partial charge >= 0.3 is 5.97 Å². The van der Waals surface area contributed by atoms with Crippen molar-refractivity contribution in [3.05, 3.63) is 47.5 Å².